The second-order valence-corrected chi connectivity index (χ2v) is 6.66. The first-order valence-corrected chi connectivity index (χ1v) is 8.95. The molecule has 4 rings (SSSR count). The maximum atomic E-state index is 13.3. The van der Waals surface area contributed by atoms with Crippen LogP contribution in [0.3, 0.4) is 0 Å². The molecule has 8 heteroatoms. The van der Waals surface area contributed by atoms with E-state index in [1.807, 2.05) is 0 Å². The van der Waals surface area contributed by atoms with E-state index < -0.39 is 5.91 Å². The highest BCUT2D eigenvalue weighted by molar-refractivity contribution is 7.13. The number of amides is 1. The number of nitrogens with zero attached hydrogens (tertiary/aromatic N) is 3. The van der Waals surface area contributed by atoms with E-state index in [1.165, 1.54) is 29.8 Å². The van der Waals surface area contributed by atoms with Gasteiger partial charge in [0.2, 0.25) is 5.91 Å². The lowest BCUT2D eigenvalue weighted by molar-refractivity contribution is -0.116. The Kier molecular flexibility index (Phi) is 4.47. The van der Waals surface area contributed by atoms with Crippen molar-refractivity contribution in [1.82, 2.24) is 14.6 Å². The maximum Gasteiger partial charge on any atom is 0.280 e. The van der Waals surface area contributed by atoms with Gasteiger partial charge in [-0.05, 0) is 24.3 Å². The van der Waals surface area contributed by atoms with Crippen molar-refractivity contribution in [2.45, 2.75) is 6.42 Å². The van der Waals surface area contributed by atoms with E-state index >= 15 is 0 Å². The van der Waals surface area contributed by atoms with Crippen LogP contribution in [0.15, 0.2) is 65.0 Å². The molecule has 0 aliphatic rings. The lowest BCUT2D eigenvalue weighted by Crippen LogP contribution is -2.34. The van der Waals surface area contributed by atoms with Gasteiger partial charge in [-0.2, -0.15) is 0 Å². The summed E-state index contributed by atoms with van der Waals surface area (Å²) in [7, 11) is 0. The number of nitrogens with one attached hydrogen (secondary N) is 1. The van der Waals surface area contributed by atoms with Gasteiger partial charge in [0.15, 0.2) is 0 Å². The number of benzene rings is 2. The minimum Gasteiger partial charge on any atom is -0.273 e. The molecule has 134 valence electrons. The third-order valence-electron chi connectivity index (χ3n) is 3.88. The van der Waals surface area contributed by atoms with Crippen molar-refractivity contribution in [3.63, 3.8) is 0 Å². The first kappa shape index (κ1) is 17.0. The van der Waals surface area contributed by atoms with Crippen LogP contribution in [0.2, 0.25) is 0 Å². The number of rotatable bonds is 4. The van der Waals surface area contributed by atoms with Crippen LogP contribution in [0, 0.1) is 5.82 Å². The van der Waals surface area contributed by atoms with Gasteiger partial charge in [-0.25, -0.2) is 19.0 Å². The van der Waals surface area contributed by atoms with Crippen LogP contribution >= 0.6 is 11.3 Å². The van der Waals surface area contributed by atoms with Gasteiger partial charge in [-0.3, -0.25) is 15.0 Å². The van der Waals surface area contributed by atoms with Crippen LogP contribution in [0.4, 0.5) is 4.39 Å². The molecule has 27 heavy (non-hydrogen) atoms. The van der Waals surface area contributed by atoms with Gasteiger partial charge in [0.05, 0.1) is 23.0 Å². The number of aromatic nitrogens is 3. The Balaban J connectivity index is 1.50. The monoisotopic (exact) mass is 380 g/mol. The normalized spacial score (nSPS) is 10.9. The first-order chi connectivity index (χ1) is 13.1. The summed E-state index contributed by atoms with van der Waals surface area (Å²) in [6, 6.07) is 13.0. The highest BCUT2D eigenvalue weighted by atomic mass is 32.1. The molecule has 1 amide bonds. The summed E-state index contributed by atoms with van der Waals surface area (Å²) in [6.07, 6.45) is 1.27. The standard InChI is InChI=1S/C19H13FN4O2S/c20-13-5-3-4-12(8-13)18-22-14(10-27-18)9-17(25)23-24-11-21-16-7-2-1-6-15(16)19(24)26/h1-8,10-11H,9H2,(H,23,25). The molecule has 0 aliphatic heterocycles. The van der Waals surface area contributed by atoms with E-state index in [4.69, 9.17) is 0 Å². The predicted molar refractivity (Wildman–Crippen MR) is 102 cm³/mol. The molecule has 0 aliphatic carbocycles. The van der Waals surface area contributed by atoms with Gasteiger partial charge >= 0.3 is 0 Å². The topological polar surface area (TPSA) is 76.9 Å². The van der Waals surface area contributed by atoms with Gasteiger partial charge in [-0.1, -0.05) is 24.3 Å². The molecule has 2 heterocycles. The Morgan fingerprint density at radius 3 is 2.89 bits per heavy atom. The first-order valence-electron chi connectivity index (χ1n) is 8.07. The quantitative estimate of drug-likeness (QED) is 0.591. The van der Waals surface area contributed by atoms with E-state index in [2.05, 4.69) is 15.4 Å². The second kappa shape index (κ2) is 7.08. The Morgan fingerprint density at radius 1 is 1.19 bits per heavy atom. The summed E-state index contributed by atoms with van der Waals surface area (Å²) >= 11 is 1.33. The number of thiazole rings is 1. The van der Waals surface area contributed by atoms with Gasteiger partial charge in [0, 0.05) is 10.9 Å². The predicted octanol–water partition coefficient (Wildman–Crippen LogP) is 2.97. The van der Waals surface area contributed by atoms with Crippen molar-refractivity contribution in [2.75, 3.05) is 5.43 Å². The fourth-order valence-electron chi connectivity index (χ4n) is 2.63. The molecule has 0 saturated heterocycles. The number of hydrogen-bond acceptors (Lipinski definition) is 5. The molecule has 0 atom stereocenters. The molecule has 0 unspecified atom stereocenters. The zero-order chi connectivity index (χ0) is 18.8. The number of para-hydroxylation sites is 1. The highest BCUT2D eigenvalue weighted by Crippen LogP contribution is 2.24. The fourth-order valence-corrected chi connectivity index (χ4v) is 3.45. The molecule has 0 fully saturated rings. The van der Waals surface area contributed by atoms with Crippen molar-refractivity contribution in [3.8, 4) is 10.6 Å². The zero-order valence-corrected chi connectivity index (χ0v) is 14.7. The van der Waals surface area contributed by atoms with Crippen LogP contribution in [0.1, 0.15) is 5.69 Å². The van der Waals surface area contributed by atoms with Crippen molar-refractivity contribution >= 4 is 28.1 Å². The molecule has 6 nitrogen and oxygen atoms in total. The van der Waals surface area contributed by atoms with E-state index in [-0.39, 0.29) is 17.8 Å². The molecule has 0 spiro atoms. The molecule has 0 saturated carbocycles. The van der Waals surface area contributed by atoms with Crippen LogP contribution in [-0.2, 0) is 11.2 Å². The van der Waals surface area contributed by atoms with E-state index in [9.17, 15) is 14.0 Å². The van der Waals surface area contributed by atoms with Crippen molar-refractivity contribution in [1.29, 1.82) is 0 Å². The smallest absolute Gasteiger partial charge is 0.273 e. The SMILES string of the molecule is O=C(Cc1csc(-c2cccc(F)c2)n1)Nn1cnc2ccccc2c1=O. The number of halogens is 1. The molecule has 2 aromatic heterocycles. The zero-order valence-electron chi connectivity index (χ0n) is 13.9. The minimum absolute atomic E-state index is 0.00885. The molecule has 0 bridgehead atoms. The number of fused-ring (bicyclic) bond motifs is 1. The van der Waals surface area contributed by atoms with E-state index in [0.717, 1.165) is 4.68 Å². The molecular weight excluding hydrogens is 367 g/mol. The summed E-state index contributed by atoms with van der Waals surface area (Å²) in [5.74, 6) is -0.740. The van der Waals surface area contributed by atoms with E-state index in [0.29, 0.717) is 27.2 Å². The van der Waals surface area contributed by atoms with Crippen LogP contribution < -0.4 is 11.0 Å². The van der Waals surface area contributed by atoms with Crippen LogP contribution in [0.25, 0.3) is 21.5 Å². The Bertz CT molecular complexity index is 1200. The number of carbonyl (C=O) groups is 1. The van der Waals surface area contributed by atoms with Crippen LogP contribution in [-0.4, -0.2) is 20.6 Å². The summed E-state index contributed by atoms with van der Waals surface area (Å²) in [5.41, 5.74) is 3.92. The van der Waals surface area contributed by atoms with Crippen molar-refractivity contribution in [2.24, 2.45) is 0 Å². The average Bonchev–Trinajstić information content (AvgIpc) is 3.13. The molecule has 1 N–H and O–H groups in total. The summed E-state index contributed by atoms with van der Waals surface area (Å²) in [6.45, 7) is 0. The fraction of sp³-hybridized carbons (Fsp3) is 0.0526. The lowest BCUT2D eigenvalue weighted by atomic mass is 10.2. The van der Waals surface area contributed by atoms with Gasteiger partial charge < -0.3 is 0 Å². The Labute approximate surface area is 156 Å². The number of hydrogen-bond donors (Lipinski definition) is 1. The molecule has 4 aromatic rings. The van der Waals surface area contributed by atoms with Gasteiger partial charge in [-0.15, -0.1) is 11.3 Å². The minimum atomic E-state index is -0.398. The molecular formula is C19H13FN4O2S. The Morgan fingerprint density at radius 2 is 2.04 bits per heavy atom. The maximum absolute atomic E-state index is 13.3. The van der Waals surface area contributed by atoms with Crippen molar-refractivity contribution < 1.29 is 9.18 Å². The van der Waals surface area contributed by atoms with Gasteiger partial charge in [0.1, 0.15) is 17.2 Å². The van der Waals surface area contributed by atoms with Crippen molar-refractivity contribution in [3.05, 3.63) is 82.1 Å². The van der Waals surface area contributed by atoms with Gasteiger partial charge in [0.25, 0.3) is 5.56 Å². The number of carbonyl (C=O) groups excluding carboxylic acids is 1. The summed E-state index contributed by atoms with van der Waals surface area (Å²) in [4.78, 5) is 33.2. The molecule has 0 radical (unpaired) electrons. The highest BCUT2D eigenvalue weighted by Gasteiger charge is 2.11. The largest absolute Gasteiger partial charge is 0.280 e. The third kappa shape index (κ3) is 3.61. The average molecular weight is 380 g/mol. The Hall–Kier alpha value is -3.39. The lowest BCUT2D eigenvalue weighted by Gasteiger charge is -2.07. The summed E-state index contributed by atoms with van der Waals surface area (Å²) < 4.78 is 14.4. The third-order valence-corrected chi connectivity index (χ3v) is 4.82. The molecule has 2 aromatic carbocycles. The van der Waals surface area contributed by atoms with Crippen LogP contribution in [0.5, 0.6) is 0 Å². The van der Waals surface area contributed by atoms with E-state index in [1.54, 1.807) is 41.8 Å². The second-order valence-electron chi connectivity index (χ2n) is 5.80. The summed E-state index contributed by atoms with van der Waals surface area (Å²) in [5, 5.41) is 2.78.